The first-order valence-electron chi connectivity index (χ1n) is 12.4. The van der Waals surface area contributed by atoms with Crippen LogP contribution in [0, 0.1) is 11.7 Å². The van der Waals surface area contributed by atoms with Gasteiger partial charge in [0, 0.05) is 4.88 Å². The van der Waals surface area contributed by atoms with Crippen LogP contribution in [0.15, 0.2) is 72.8 Å². The van der Waals surface area contributed by atoms with Gasteiger partial charge in [0.25, 0.3) is 0 Å². The highest BCUT2D eigenvalue weighted by atomic mass is 32.1. The number of hydrogen-bond acceptors (Lipinski definition) is 2. The van der Waals surface area contributed by atoms with Gasteiger partial charge in [0.15, 0.2) is 11.6 Å². The summed E-state index contributed by atoms with van der Waals surface area (Å²) < 4.78 is 20.8. The van der Waals surface area contributed by atoms with Gasteiger partial charge in [0.05, 0.1) is 11.3 Å². The van der Waals surface area contributed by atoms with E-state index in [0.717, 1.165) is 21.7 Å². The first kappa shape index (κ1) is 22.9. The molecule has 34 heavy (non-hydrogen) atoms. The highest BCUT2D eigenvalue weighted by Crippen LogP contribution is 2.39. The van der Waals surface area contributed by atoms with E-state index in [1.54, 1.807) is 6.07 Å². The average molecular weight is 471 g/mol. The molecule has 0 saturated carbocycles. The van der Waals surface area contributed by atoms with E-state index >= 15 is 0 Å². The first-order valence-corrected chi connectivity index (χ1v) is 13.2. The van der Waals surface area contributed by atoms with Crippen molar-refractivity contribution in [1.29, 1.82) is 0 Å². The molecule has 3 heteroatoms. The quantitative estimate of drug-likeness (QED) is 0.261. The van der Waals surface area contributed by atoms with Crippen LogP contribution in [0.2, 0.25) is 0 Å². The van der Waals surface area contributed by atoms with E-state index in [2.05, 4.69) is 67.6 Å². The van der Waals surface area contributed by atoms with Gasteiger partial charge in [-0.05, 0) is 83.5 Å². The van der Waals surface area contributed by atoms with Gasteiger partial charge in [-0.1, -0.05) is 74.4 Å². The molecule has 1 aromatic heterocycles. The lowest BCUT2D eigenvalue weighted by Crippen LogP contribution is -2.04. The molecule has 1 nitrogen and oxygen atoms in total. The maximum Gasteiger partial charge on any atom is 0.182 e. The predicted molar refractivity (Wildman–Crippen MR) is 144 cm³/mol. The van der Waals surface area contributed by atoms with Gasteiger partial charge in [-0.15, -0.1) is 11.3 Å². The van der Waals surface area contributed by atoms with Gasteiger partial charge in [0.2, 0.25) is 0 Å². The van der Waals surface area contributed by atoms with Gasteiger partial charge >= 0.3 is 0 Å². The summed E-state index contributed by atoms with van der Waals surface area (Å²) in [5, 5.41) is 0.915. The van der Waals surface area contributed by atoms with Crippen molar-refractivity contribution < 1.29 is 9.13 Å². The largest absolute Gasteiger partial charge is 0.491 e. The highest BCUT2D eigenvalue weighted by molar-refractivity contribution is 7.22. The summed E-state index contributed by atoms with van der Waals surface area (Å²) in [5.41, 5.74) is 6.38. The molecule has 5 rings (SSSR count). The summed E-state index contributed by atoms with van der Waals surface area (Å²) in [6.07, 6.45) is 8.83. The van der Waals surface area contributed by atoms with Gasteiger partial charge in [0.1, 0.15) is 0 Å². The smallest absolute Gasteiger partial charge is 0.182 e. The number of rotatable bonds is 7. The predicted octanol–water partition coefficient (Wildman–Crippen LogP) is 9.76. The molecule has 0 amide bonds. The Morgan fingerprint density at radius 1 is 0.882 bits per heavy atom. The van der Waals surface area contributed by atoms with Crippen LogP contribution < -0.4 is 4.74 Å². The van der Waals surface area contributed by atoms with Crippen LogP contribution in [0.5, 0.6) is 5.75 Å². The van der Waals surface area contributed by atoms with Crippen molar-refractivity contribution in [1.82, 2.24) is 0 Å². The van der Waals surface area contributed by atoms with Crippen LogP contribution in [-0.2, 0) is 0 Å². The van der Waals surface area contributed by atoms with Crippen molar-refractivity contribution in [3.8, 4) is 27.3 Å². The molecule has 0 aliphatic heterocycles. The summed E-state index contributed by atoms with van der Waals surface area (Å²) in [6.45, 7) is 4.61. The number of ether oxygens (including phenoxy) is 1. The zero-order valence-electron chi connectivity index (χ0n) is 19.9. The molecule has 1 aliphatic carbocycles. The fourth-order valence-corrected chi connectivity index (χ4v) is 6.08. The molecule has 1 unspecified atom stereocenters. The minimum Gasteiger partial charge on any atom is -0.491 e. The van der Waals surface area contributed by atoms with E-state index in [-0.39, 0.29) is 5.82 Å². The number of halogens is 1. The van der Waals surface area contributed by atoms with Crippen LogP contribution in [0.4, 0.5) is 4.39 Å². The highest BCUT2D eigenvalue weighted by Gasteiger charge is 2.15. The average Bonchev–Trinajstić information content (AvgIpc) is 3.32. The maximum atomic E-state index is 14.8. The van der Waals surface area contributed by atoms with Crippen LogP contribution in [0.3, 0.4) is 0 Å². The SMILES string of the molecule is CCCC1CC=C(c2ccc(-c3ccc(-c4cc5ccc(OCC)c(F)c5s4)cc3)cc2)CC1. The molecule has 0 N–H and O–H groups in total. The first-order chi connectivity index (χ1) is 16.7. The molecule has 1 aliphatic rings. The Bertz CT molecular complexity index is 1300. The Morgan fingerprint density at radius 3 is 2.18 bits per heavy atom. The third-order valence-electron chi connectivity index (χ3n) is 6.87. The molecule has 1 heterocycles. The molecular weight excluding hydrogens is 439 g/mol. The van der Waals surface area contributed by atoms with Crippen LogP contribution in [-0.4, -0.2) is 6.61 Å². The lowest BCUT2D eigenvalue weighted by Gasteiger charge is -2.21. The third kappa shape index (κ3) is 4.67. The number of fused-ring (bicyclic) bond motifs is 1. The van der Waals surface area contributed by atoms with Crippen LogP contribution in [0.1, 0.15) is 51.5 Å². The Balaban J connectivity index is 1.33. The lowest BCUT2D eigenvalue weighted by atomic mass is 9.84. The monoisotopic (exact) mass is 470 g/mol. The second-order valence-electron chi connectivity index (χ2n) is 9.15. The van der Waals surface area contributed by atoms with E-state index in [9.17, 15) is 4.39 Å². The Labute approximate surface area is 205 Å². The molecule has 174 valence electrons. The van der Waals surface area contributed by atoms with Crippen molar-refractivity contribution in [2.24, 2.45) is 5.92 Å². The van der Waals surface area contributed by atoms with Crippen molar-refractivity contribution in [2.75, 3.05) is 6.61 Å². The van der Waals surface area contributed by atoms with E-state index in [0.29, 0.717) is 17.1 Å². The zero-order valence-corrected chi connectivity index (χ0v) is 20.8. The Kier molecular flexibility index (Phi) is 6.82. The minimum atomic E-state index is -0.263. The molecular formula is C31H31FOS. The van der Waals surface area contributed by atoms with Crippen molar-refractivity contribution in [3.63, 3.8) is 0 Å². The summed E-state index contributed by atoms with van der Waals surface area (Å²) in [7, 11) is 0. The second-order valence-corrected chi connectivity index (χ2v) is 10.2. The van der Waals surface area contributed by atoms with Gasteiger partial charge in [-0.3, -0.25) is 0 Å². The van der Waals surface area contributed by atoms with Gasteiger partial charge in [-0.25, -0.2) is 4.39 Å². The van der Waals surface area contributed by atoms with Crippen molar-refractivity contribution >= 4 is 27.0 Å². The molecule has 0 radical (unpaired) electrons. The number of allylic oxidation sites excluding steroid dienone is 2. The fraction of sp³-hybridized carbons (Fsp3) is 0.290. The lowest BCUT2D eigenvalue weighted by molar-refractivity contribution is 0.323. The summed E-state index contributed by atoms with van der Waals surface area (Å²) in [4.78, 5) is 1.06. The molecule has 0 spiro atoms. The van der Waals surface area contributed by atoms with Crippen molar-refractivity contribution in [3.05, 3.63) is 84.2 Å². The third-order valence-corrected chi connectivity index (χ3v) is 8.06. The topological polar surface area (TPSA) is 9.23 Å². The van der Waals surface area contributed by atoms with E-state index in [1.165, 1.54) is 65.7 Å². The number of thiophene rings is 1. The molecule has 0 fully saturated rings. The maximum absolute atomic E-state index is 14.8. The van der Waals surface area contributed by atoms with E-state index < -0.39 is 0 Å². The standard InChI is InChI=1S/C31H31FOS/c1-3-5-21-6-8-22(9-7-21)23-10-12-24(13-11-23)25-14-16-26(17-15-25)29-20-27-18-19-28(33-4-2)30(32)31(27)34-29/h8,10-21H,3-7,9H2,1-2H3. The normalized spacial score (nSPS) is 16.0. The van der Waals surface area contributed by atoms with Gasteiger partial charge < -0.3 is 4.74 Å². The molecule has 3 aromatic carbocycles. The molecule has 0 saturated heterocycles. The van der Waals surface area contributed by atoms with E-state index in [1.807, 2.05) is 13.0 Å². The summed E-state index contributed by atoms with van der Waals surface area (Å²) in [6, 6.07) is 23.3. The zero-order chi connectivity index (χ0) is 23.5. The number of benzene rings is 3. The fourth-order valence-electron chi connectivity index (χ4n) is 4.99. The minimum absolute atomic E-state index is 0.263. The second kappa shape index (κ2) is 10.1. The van der Waals surface area contributed by atoms with Crippen LogP contribution in [0.25, 0.3) is 37.2 Å². The molecule has 4 aromatic rings. The van der Waals surface area contributed by atoms with Crippen LogP contribution >= 0.6 is 11.3 Å². The Morgan fingerprint density at radius 2 is 1.56 bits per heavy atom. The Hall–Kier alpha value is -2.91. The van der Waals surface area contributed by atoms with E-state index in [4.69, 9.17) is 4.74 Å². The van der Waals surface area contributed by atoms with Gasteiger partial charge in [-0.2, -0.15) is 0 Å². The summed E-state index contributed by atoms with van der Waals surface area (Å²) >= 11 is 1.48. The molecule has 0 bridgehead atoms. The number of hydrogen-bond donors (Lipinski definition) is 0. The van der Waals surface area contributed by atoms with Crippen molar-refractivity contribution in [2.45, 2.75) is 46.0 Å². The molecule has 1 atom stereocenters. The summed E-state index contributed by atoms with van der Waals surface area (Å²) in [5.74, 6) is 0.934.